The second kappa shape index (κ2) is 3.92. The molecule has 0 aromatic carbocycles. The quantitative estimate of drug-likeness (QED) is 0.781. The van der Waals surface area contributed by atoms with Crippen molar-refractivity contribution in [2.75, 3.05) is 11.5 Å². The van der Waals surface area contributed by atoms with Gasteiger partial charge in [-0.1, -0.05) is 0 Å². The first-order chi connectivity index (χ1) is 6.68. The van der Waals surface area contributed by atoms with Crippen LogP contribution in [0.2, 0.25) is 0 Å². The Morgan fingerprint density at radius 3 is 3.07 bits per heavy atom. The number of rotatable bonds is 3. The summed E-state index contributed by atoms with van der Waals surface area (Å²) in [5.74, 6) is 1.88. The Morgan fingerprint density at radius 2 is 2.50 bits per heavy atom. The van der Waals surface area contributed by atoms with Crippen LogP contribution in [0.25, 0.3) is 0 Å². The van der Waals surface area contributed by atoms with Crippen LogP contribution < -0.4 is 4.72 Å². The van der Waals surface area contributed by atoms with Gasteiger partial charge >= 0.3 is 0 Å². The van der Waals surface area contributed by atoms with Crippen LogP contribution in [0.3, 0.4) is 0 Å². The summed E-state index contributed by atoms with van der Waals surface area (Å²) in [5, 5.41) is 6.10. The molecular weight excluding hydrogens is 222 g/mol. The SMILES string of the molecule is O=S(=O)(NC1CCSC1)c1cn[nH]c1. The van der Waals surface area contributed by atoms with E-state index in [0.29, 0.717) is 0 Å². The van der Waals surface area contributed by atoms with E-state index in [1.54, 1.807) is 11.8 Å². The second-order valence-corrected chi connectivity index (χ2v) is 5.98. The van der Waals surface area contributed by atoms with Crippen LogP contribution in [0.5, 0.6) is 0 Å². The maximum absolute atomic E-state index is 11.7. The van der Waals surface area contributed by atoms with E-state index in [1.807, 2.05) is 0 Å². The molecule has 1 aliphatic rings. The van der Waals surface area contributed by atoms with Crippen molar-refractivity contribution >= 4 is 21.8 Å². The van der Waals surface area contributed by atoms with Gasteiger partial charge in [0.2, 0.25) is 10.0 Å². The predicted octanol–water partition coefficient (Wildman–Crippen LogP) is 0.194. The topological polar surface area (TPSA) is 74.8 Å². The molecule has 5 nitrogen and oxygen atoms in total. The highest BCUT2D eigenvalue weighted by Gasteiger charge is 2.23. The van der Waals surface area contributed by atoms with Crippen LogP contribution >= 0.6 is 11.8 Å². The van der Waals surface area contributed by atoms with Crippen molar-refractivity contribution in [1.82, 2.24) is 14.9 Å². The van der Waals surface area contributed by atoms with Crippen molar-refractivity contribution in [1.29, 1.82) is 0 Å². The number of thioether (sulfide) groups is 1. The first kappa shape index (κ1) is 10.0. The van der Waals surface area contributed by atoms with Crippen LogP contribution in [0.15, 0.2) is 17.3 Å². The molecule has 2 N–H and O–H groups in total. The van der Waals surface area contributed by atoms with Crippen molar-refractivity contribution < 1.29 is 8.42 Å². The van der Waals surface area contributed by atoms with E-state index in [1.165, 1.54) is 12.4 Å². The number of hydrogen-bond acceptors (Lipinski definition) is 4. The summed E-state index contributed by atoms with van der Waals surface area (Å²) in [4.78, 5) is 0.203. The lowest BCUT2D eigenvalue weighted by Crippen LogP contribution is -2.34. The first-order valence-electron chi connectivity index (χ1n) is 4.27. The highest BCUT2D eigenvalue weighted by Crippen LogP contribution is 2.19. The standard InChI is InChI=1S/C7H11N3O2S2/c11-14(12,7-3-8-9-4-7)10-6-1-2-13-5-6/h3-4,6,10H,1-2,5H2,(H,8,9). The van der Waals surface area contributed by atoms with Crippen molar-refractivity contribution in [2.24, 2.45) is 0 Å². The van der Waals surface area contributed by atoms with Crippen molar-refractivity contribution in [3.05, 3.63) is 12.4 Å². The van der Waals surface area contributed by atoms with Crippen LogP contribution in [0.4, 0.5) is 0 Å². The molecule has 14 heavy (non-hydrogen) atoms. The number of nitrogens with zero attached hydrogens (tertiary/aromatic N) is 1. The van der Waals surface area contributed by atoms with Gasteiger partial charge in [-0.05, 0) is 12.2 Å². The van der Waals surface area contributed by atoms with Gasteiger partial charge in [0, 0.05) is 18.0 Å². The van der Waals surface area contributed by atoms with E-state index in [4.69, 9.17) is 0 Å². The van der Waals surface area contributed by atoms with E-state index in [9.17, 15) is 8.42 Å². The maximum Gasteiger partial charge on any atom is 0.243 e. The van der Waals surface area contributed by atoms with Crippen LogP contribution in [-0.2, 0) is 10.0 Å². The van der Waals surface area contributed by atoms with Gasteiger partial charge in [0.05, 0.1) is 6.20 Å². The highest BCUT2D eigenvalue weighted by atomic mass is 32.2. The minimum Gasteiger partial charge on any atom is -0.284 e. The number of sulfonamides is 1. The summed E-state index contributed by atoms with van der Waals surface area (Å²) in [6.07, 6.45) is 3.59. The number of nitrogens with one attached hydrogen (secondary N) is 2. The Balaban J connectivity index is 2.09. The molecule has 7 heteroatoms. The summed E-state index contributed by atoms with van der Waals surface area (Å²) < 4.78 is 26.0. The van der Waals surface area contributed by atoms with E-state index in [2.05, 4.69) is 14.9 Å². The largest absolute Gasteiger partial charge is 0.284 e. The molecule has 1 aromatic rings. The molecule has 1 aliphatic heterocycles. The zero-order chi connectivity index (χ0) is 10.0. The fraction of sp³-hybridized carbons (Fsp3) is 0.571. The van der Waals surface area contributed by atoms with E-state index >= 15 is 0 Å². The maximum atomic E-state index is 11.7. The molecule has 1 aromatic heterocycles. The smallest absolute Gasteiger partial charge is 0.243 e. The second-order valence-electron chi connectivity index (χ2n) is 3.12. The van der Waals surface area contributed by atoms with Gasteiger partial charge in [0.25, 0.3) is 0 Å². The summed E-state index contributed by atoms with van der Waals surface area (Å²) in [6, 6.07) is 0.0694. The monoisotopic (exact) mass is 233 g/mol. The molecule has 1 fully saturated rings. The third-order valence-electron chi connectivity index (χ3n) is 2.03. The molecule has 0 saturated carbocycles. The molecule has 0 radical (unpaired) electrons. The summed E-state index contributed by atoms with van der Waals surface area (Å²) in [6.45, 7) is 0. The predicted molar refractivity (Wildman–Crippen MR) is 54.6 cm³/mol. The Morgan fingerprint density at radius 1 is 1.64 bits per heavy atom. The highest BCUT2D eigenvalue weighted by molar-refractivity contribution is 7.99. The van der Waals surface area contributed by atoms with Crippen molar-refractivity contribution in [2.45, 2.75) is 17.4 Å². The average Bonchev–Trinajstić information content (AvgIpc) is 2.71. The van der Waals surface area contributed by atoms with E-state index in [-0.39, 0.29) is 10.9 Å². The molecular formula is C7H11N3O2S2. The third kappa shape index (κ3) is 2.10. The zero-order valence-electron chi connectivity index (χ0n) is 7.43. The lowest BCUT2D eigenvalue weighted by molar-refractivity contribution is 0.563. The van der Waals surface area contributed by atoms with Crippen molar-refractivity contribution in [3.63, 3.8) is 0 Å². The van der Waals surface area contributed by atoms with Gasteiger partial charge in [0.1, 0.15) is 4.90 Å². The van der Waals surface area contributed by atoms with Gasteiger partial charge < -0.3 is 0 Å². The number of aromatic nitrogens is 2. The molecule has 1 saturated heterocycles. The molecule has 0 amide bonds. The zero-order valence-corrected chi connectivity index (χ0v) is 9.07. The van der Waals surface area contributed by atoms with Gasteiger partial charge in [-0.15, -0.1) is 0 Å². The lowest BCUT2D eigenvalue weighted by atomic mass is 10.3. The molecule has 78 valence electrons. The lowest BCUT2D eigenvalue weighted by Gasteiger charge is -2.09. The number of aromatic amines is 1. The molecule has 1 atom stereocenters. The Labute approximate surface area is 86.7 Å². The molecule has 0 bridgehead atoms. The van der Waals surface area contributed by atoms with E-state index in [0.717, 1.165) is 17.9 Å². The Bertz CT molecular complexity index is 381. The van der Waals surface area contributed by atoms with Gasteiger partial charge in [-0.25, -0.2) is 13.1 Å². The minimum absolute atomic E-state index is 0.0694. The number of hydrogen-bond donors (Lipinski definition) is 2. The first-order valence-corrected chi connectivity index (χ1v) is 6.91. The average molecular weight is 233 g/mol. The normalized spacial score (nSPS) is 22.7. The Hall–Kier alpha value is -0.530. The molecule has 2 heterocycles. The number of H-pyrrole nitrogens is 1. The molecule has 0 aliphatic carbocycles. The van der Waals surface area contributed by atoms with Crippen LogP contribution in [-0.4, -0.2) is 36.2 Å². The molecule has 0 spiro atoms. The minimum atomic E-state index is -3.36. The Kier molecular flexibility index (Phi) is 2.80. The van der Waals surface area contributed by atoms with Crippen molar-refractivity contribution in [3.8, 4) is 0 Å². The van der Waals surface area contributed by atoms with Crippen LogP contribution in [0, 0.1) is 0 Å². The summed E-state index contributed by atoms with van der Waals surface area (Å²) in [7, 11) is -3.36. The van der Waals surface area contributed by atoms with Gasteiger partial charge in [-0.3, -0.25) is 5.10 Å². The van der Waals surface area contributed by atoms with Gasteiger partial charge in [-0.2, -0.15) is 16.9 Å². The van der Waals surface area contributed by atoms with E-state index < -0.39 is 10.0 Å². The summed E-state index contributed by atoms with van der Waals surface area (Å²) in [5.41, 5.74) is 0. The third-order valence-corrected chi connectivity index (χ3v) is 4.68. The fourth-order valence-corrected chi connectivity index (χ4v) is 3.73. The fourth-order valence-electron chi connectivity index (χ4n) is 1.30. The summed E-state index contributed by atoms with van der Waals surface area (Å²) >= 11 is 1.77. The molecule has 1 unspecified atom stereocenters. The van der Waals surface area contributed by atoms with Crippen LogP contribution in [0.1, 0.15) is 6.42 Å². The molecule has 2 rings (SSSR count). The van der Waals surface area contributed by atoms with Gasteiger partial charge in [0.15, 0.2) is 0 Å².